The minimum absolute atomic E-state index is 0.0774. The first kappa shape index (κ1) is 30.4. The Labute approximate surface area is 249 Å². The third-order valence-electron chi connectivity index (χ3n) is 6.07. The Morgan fingerprint density at radius 2 is 1.40 bits per heavy atom. The van der Waals surface area contributed by atoms with E-state index >= 15 is 0 Å². The van der Waals surface area contributed by atoms with Crippen molar-refractivity contribution in [2.75, 3.05) is 44.6 Å². The zero-order valence-electron chi connectivity index (χ0n) is 23.3. The number of benzene rings is 4. The van der Waals surface area contributed by atoms with Crippen LogP contribution in [0, 0.1) is 0 Å². The summed E-state index contributed by atoms with van der Waals surface area (Å²) in [6, 6.07) is 22.5. The molecular weight excluding hydrogens is 584 g/mol. The van der Waals surface area contributed by atoms with Gasteiger partial charge in [-0.1, -0.05) is 29.8 Å². The Bertz CT molecular complexity index is 1670. The summed E-state index contributed by atoms with van der Waals surface area (Å²) in [5, 5.41) is 3.07. The van der Waals surface area contributed by atoms with Gasteiger partial charge in [0.1, 0.15) is 23.8 Å². The van der Waals surface area contributed by atoms with Gasteiger partial charge in [-0.25, -0.2) is 8.42 Å². The van der Waals surface area contributed by atoms with Gasteiger partial charge in [0.2, 0.25) is 5.91 Å². The normalized spacial score (nSPS) is 10.9. The molecule has 4 aromatic rings. The summed E-state index contributed by atoms with van der Waals surface area (Å²) < 4.78 is 56.5. The Morgan fingerprint density at radius 1 is 0.738 bits per heavy atom. The fourth-order valence-corrected chi connectivity index (χ4v) is 5.63. The van der Waals surface area contributed by atoms with Crippen LogP contribution in [0.5, 0.6) is 34.5 Å². The number of methoxy groups -OCH3 is 4. The number of carbonyl (C=O) groups excluding carboxylic acids is 1. The molecule has 4 rings (SSSR count). The van der Waals surface area contributed by atoms with E-state index in [1.54, 1.807) is 36.4 Å². The summed E-state index contributed by atoms with van der Waals surface area (Å²) >= 11 is 6.22. The molecule has 0 aliphatic rings. The molecule has 0 radical (unpaired) electrons. The number of nitrogens with zero attached hydrogens (tertiary/aromatic N) is 1. The van der Waals surface area contributed by atoms with Gasteiger partial charge in [-0.05, 0) is 54.6 Å². The number of para-hydroxylation sites is 1. The molecule has 0 fully saturated rings. The molecule has 42 heavy (non-hydrogen) atoms. The van der Waals surface area contributed by atoms with E-state index in [2.05, 4.69) is 5.32 Å². The minimum atomic E-state index is -4.38. The number of hydrogen-bond acceptors (Lipinski definition) is 8. The SMILES string of the molecule is COc1ccc(OC)c(N(CC(=O)Nc2cc(Cl)ccc2Oc2ccccc2)S(=O)(=O)c2ccc(OC)c(OC)c2)c1. The fourth-order valence-electron chi connectivity index (χ4n) is 4.02. The Hall–Kier alpha value is -4.61. The number of halogens is 1. The molecule has 0 unspecified atom stereocenters. The van der Waals surface area contributed by atoms with Crippen molar-refractivity contribution in [1.29, 1.82) is 0 Å². The van der Waals surface area contributed by atoms with Gasteiger partial charge in [0.05, 0.1) is 44.7 Å². The monoisotopic (exact) mass is 612 g/mol. The highest BCUT2D eigenvalue weighted by atomic mass is 35.5. The maximum Gasteiger partial charge on any atom is 0.265 e. The summed E-state index contributed by atoms with van der Waals surface area (Å²) in [7, 11) is 1.29. The number of hydrogen-bond donors (Lipinski definition) is 1. The van der Waals surface area contributed by atoms with Crippen molar-refractivity contribution in [3.8, 4) is 34.5 Å². The van der Waals surface area contributed by atoms with Crippen LogP contribution in [0.25, 0.3) is 0 Å². The van der Waals surface area contributed by atoms with Gasteiger partial charge in [0, 0.05) is 17.2 Å². The van der Waals surface area contributed by atoms with Crippen LogP contribution < -0.4 is 33.3 Å². The number of nitrogens with one attached hydrogen (secondary N) is 1. The fraction of sp³-hybridized carbons (Fsp3) is 0.167. The van der Waals surface area contributed by atoms with Crippen molar-refractivity contribution >= 4 is 38.9 Å². The van der Waals surface area contributed by atoms with E-state index in [4.69, 9.17) is 35.3 Å². The van der Waals surface area contributed by atoms with Crippen LogP contribution >= 0.6 is 11.6 Å². The second-order valence-electron chi connectivity index (χ2n) is 8.67. The van der Waals surface area contributed by atoms with E-state index in [0.29, 0.717) is 28.0 Å². The van der Waals surface area contributed by atoms with Crippen LogP contribution in [0.1, 0.15) is 0 Å². The first-order valence-corrected chi connectivity index (χ1v) is 14.3. The van der Waals surface area contributed by atoms with E-state index in [0.717, 1.165) is 4.31 Å². The Balaban J connectivity index is 1.75. The smallest absolute Gasteiger partial charge is 0.265 e. The maximum atomic E-state index is 14.1. The summed E-state index contributed by atoms with van der Waals surface area (Å²) in [5.74, 6) is 1.26. The van der Waals surface area contributed by atoms with Gasteiger partial charge >= 0.3 is 0 Å². The first-order chi connectivity index (χ1) is 20.2. The molecule has 0 saturated carbocycles. The lowest BCUT2D eigenvalue weighted by Gasteiger charge is -2.26. The molecule has 220 valence electrons. The van der Waals surface area contributed by atoms with Gasteiger partial charge in [-0.3, -0.25) is 9.10 Å². The van der Waals surface area contributed by atoms with Gasteiger partial charge in [-0.2, -0.15) is 0 Å². The summed E-state index contributed by atoms with van der Waals surface area (Å²) in [5.41, 5.74) is 0.325. The van der Waals surface area contributed by atoms with Crippen molar-refractivity contribution in [3.05, 3.63) is 90.0 Å². The molecule has 1 N–H and O–H groups in total. The molecule has 0 heterocycles. The lowest BCUT2D eigenvalue weighted by atomic mass is 10.2. The van der Waals surface area contributed by atoms with Gasteiger partial charge < -0.3 is 29.0 Å². The average Bonchev–Trinajstić information content (AvgIpc) is 3.00. The molecule has 0 aromatic heterocycles. The van der Waals surface area contributed by atoms with Gasteiger partial charge in [0.25, 0.3) is 10.0 Å². The molecule has 0 bridgehead atoms. The number of anilines is 2. The van der Waals surface area contributed by atoms with Gasteiger partial charge in [0.15, 0.2) is 17.2 Å². The standard InChI is InChI=1S/C30H29ClN2O8S/c1-37-22-11-14-27(38-2)25(17-22)33(42(35,36)23-12-15-28(39-3)29(18-23)40-4)19-30(34)32-24-16-20(31)10-13-26(24)41-21-8-6-5-7-9-21/h5-18H,19H2,1-4H3,(H,32,34). The molecule has 1 amide bonds. The largest absolute Gasteiger partial charge is 0.497 e. The van der Waals surface area contributed by atoms with Crippen molar-refractivity contribution in [2.24, 2.45) is 0 Å². The third-order valence-corrected chi connectivity index (χ3v) is 8.06. The lowest BCUT2D eigenvalue weighted by Crippen LogP contribution is -2.38. The Kier molecular flexibility index (Phi) is 9.66. The second kappa shape index (κ2) is 13.4. The van der Waals surface area contributed by atoms with Gasteiger partial charge in [-0.15, -0.1) is 0 Å². The highest BCUT2D eigenvalue weighted by Crippen LogP contribution is 2.38. The summed E-state index contributed by atoms with van der Waals surface area (Å²) in [4.78, 5) is 13.4. The van der Waals surface area contributed by atoms with E-state index < -0.39 is 22.5 Å². The molecule has 0 spiro atoms. The van der Waals surface area contributed by atoms with Crippen molar-refractivity contribution in [1.82, 2.24) is 0 Å². The van der Waals surface area contributed by atoms with Crippen molar-refractivity contribution in [2.45, 2.75) is 4.90 Å². The predicted octanol–water partition coefficient (Wildman–Crippen LogP) is 6.00. The third kappa shape index (κ3) is 6.81. The van der Waals surface area contributed by atoms with E-state index in [1.165, 1.54) is 58.8 Å². The summed E-state index contributed by atoms with van der Waals surface area (Å²) in [6.07, 6.45) is 0. The Morgan fingerprint density at radius 3 is 2.07 bits per heavy atom. The van der Waals surface area contributed by atoms with Crippen molar-refractivity contribution < 1.29 is 36.9 Å². The molecular formula is C30H29ClN2O8S. The molecule has 0 aliphatic heterocycles. The van der Waals surface area contributed by atoms with E-state index in [9.17, 15) is 13.2 Å². The van der Waals surface area contributed by atoms with Crippen LogP contribution in [0.3, 0.4) is 0 Å². The zero-order valence-corrected chi connectivity index (χ0v) is 24.9. The van der Waals surface area contributed by atoms with Crippen molar-refractivity contribution in [3.63, 3.8) is 0 Å². The van der Waals surface area contributed by atoms with E-state index in [-0.39, 0.29) is 27.8 Å². The van der Waals surface area contributed by atoms with Crippen LogP contribution in [0.15, 0.2) is 89.8 Å². The first-order valence-electron chi connectivity index (χ1n) is 12.5. The van der Waals surface area contributed by atoms with E-state index in [1.807, 2.05) is 18.2 Å². The molecule has 10 nitrogen and oxygen atoms in total. The number of amides is 1. The predicted molar refractivity (Wildman–Crippen MR) is 160 cm³/mol. The number of rotatable bonds is 12. The van der Waals surface area contributed by atoms with Crippen LogP contribution in [-0.4, -0.2) is 49.3 Å². The quantitative estimate of drug-likeness (QED) is 0.207. The topological polar surface area (TPSA) is 113 Å². The molecule has 12 heteroatoms. The van der Waals surface area contributed by atoms with Crippen LogP contribution in [0.4, 0.5) is 11.4 Å². The molecule has 0 saturated heterocycles. The molecule has 4 aromatic carbocycles. The maximum absolute atomic E-state index is 14.1. The minimum Gasteiger partial charge on any atom is -0.497 e. The van der Waals surface area contributed by atoms with Crippen LogP contribution in [0.2, 0.25) is 5.02 Å². The summed E-state index contributed by atoms with van der Waals surface area (Å²) in [6.45, 7) is -0.641. The lowest BCUT2D eigenvalue weighted by molar-refractivity contribution is -0.114. The van der Waals surface area contributed by atoms with Crippen LogP contribution in [-0.2, 0) is 14.8 Å². The number of ether oxygens (including phenoxy) is 5. The highest BCUT2D eigenvalue weighted by molar-refractivity contribution is 7.92. The molecule has 0 atom stereocenters. The number of carbonyl (C=O) groups is 1. The second-order valence-corrected chi connectivity index (χ2v) is 11.0. The molecule has 0 aliphatic carbocycles. The average molecular weight is 613 g/mol. The highest BCUT2D eigenvalue weighted by Gasteiger charge is 2.31. The number of sulfonamides is 1. The zero-order chi connectivity index (χ0) is 30.3.